The van der Waals surface area contributed by atoms with Gasteiger partial charge in [0.05, 0.1) is 24.3 Å². The van der Waals surface area contributed by atoms with E-state index in [0.717, 1.165) is 44.6 Å². The van der Waals surface area contributed by atoms with Crippen molar-refractivity contribution in [1.29, 1.82) is 0 Å². The Bertz CT molecular complexity index is 1210. The Hall–Kier alpha value is -3.61. The predicted molar refractivity (Wildman–Crippen MR) is 146 cm³/mol. The van der Waals surface area contributed by atoms with Crippen LogP contribution >= 0.6 is 0 Å². The van der Waals surface area contributed by atoms with Gasteiger partial charge in [0, 0.05) is 11.6 Å². The molecule has 0 aliphatic carbocycles. The Morgan fingerprint density at radius 1 is 0.838 bits per heavy atom. The number of esters is 1. The number of para-hydroxylation sites is 1. The molecule has 0 spiro atoms. The molecule has 0 atom stereocenters. The third-order valence-electron chi connectivity index (χ3n) is 6.07. The summed E-state index contributed by atoms with van der Waals surface area (Å²) in [6.45, 7) is 5.20. The minimum Gasteiger partial charge on any atom is -0.494 e. The third-order valence-corrected chi connectivity index (χ3v) is 6.07. The van der Waals surface area contributed by atoms with Gasteiger partial charge in [0.25, 0.3) is 5.91 Å². The van der Waals surface area contributed by atoms with E-state index in [-0.39, 0.29) is 34.7 Å². The van der Waals surface area contributed by atoms with E-state index in [1.807, 2.05) is 0 Å². The second kappa shape index (κ2) is 14.8. The molecule has 1 heterocycles. The number of hydrogen-bond acceptors (Lipinski definition) is 6. The molecule has 37 heavy (non-hydrogen) atoms. The molecule has 7 nitrogen and oxygen atoms in total. The van der Waals surface area contributed by atoms with Gasteiger partial charge < -0.3 is 19.2 Å². The molecule has 0 bridgehead atoms. The average Bonchev–Trinajstić information content (AvgIpc) is 2.91. The van der Waals surface area contributed by atoms with Gasteiger partial charge in [-0.1, -0.05) is 64.9 Å². The molecule has 0 aliphatic rings. The molecule has 7 heteroatoms. The lowest BCUT2D eigenvalue weighted by atomic mass is 10.1. The highest BCUT2D eigenvalue weighted by Crippen LogP contribution is 2.24. The van der Waals surface area contributed by atoms with E-state index >= 15 is 0 Å². The van der Waals surface area contributed by atoms with E-state index in [4.69, 9.17) is 13.9 Å². The number of anilines is 1. The van der Waals surface area contributed by atoms with Gasteiger partial charge in [-0.25, -0.2) is 4.79 Å². The van der Waals surface area contributed by atoms with Crippen LogP contribution in [0.25, 0.3) is 11.0 Å². The van der Waals surface area contributed by atoms with E-state index < -0.39 is 5.97 Å². The molecule has 0 aliphatic heterocycles. The Morgan fingerprint density at radius 3 is 2.24 bits per heavy atom. The molecule has 0 fully saturated rings. The second-order valence-corrected chi connectivity index (χ2v) is 9.09. The first kappa shape index (κ1) is 28.0. The van der Waals surface area contributed by atoms with Gasteiger partial charge in [0.2, 0.25) is 5.76 Å². The van der Waals surface area contributed by atoms with Crippen LogP contribution < -0.4 is 15.5 Å². The molecular weight excluding hydrogens is 470 g/mol. The number of fused-ring (bicyclic) bond motifs is 1. The minimum absolute atomic E-state index is 0.129. The Kier molecular flexibility index (Phi) is 11.2. The van der Waals surface area contributed by atoms with Crippen LogP contribution in [0.15, 0.2) is 57.7 Å². The van der Waals surface area contributed by atoms with E-state index in [2.05, 4.69) is 19.2 Å². The number of unbranched alkanes of at least 4 members (excludes halogenated alkanes) is 7. The van der Waals surface area contributed by atoms with Gasteiger partial charge in [-0.05, 0) is 49.2 Å². The Morgan fingerprint density at radius 2 is 1.51 bits per heavy atom. The first-order valence-corrected chi connectivity index (χ1v) is 13.3. The average molecular weight is 508 g/mol. The lowest BCUT2D eigenvalue weighted by Gasteiger charge is -2.10. The number of hydrogen-bond donors (Lipinski definition) is 1. The summed E-state index contributed by atoms with van der Waals surface area (Å²) in [5.41, 5.74) is 0.470. The van der Waals surface area contributed by atoms with Gasteiger partial charge in [0.1, 0.15) is 5.75 Å². The van der Waals surface area contributed by atoms with Crippen LogP contribution in [-0.2, 0) is 4.74 Å². The van der Waals surface area contributed by atoms with Gasteiger partial charge in [-0.15, -0.1) is 0 Å². The summed E-state index contributed by atoms with van der Waals surface area (Å²) in [6, 6.07) is 12.9. The summed E-state index contributed by atoms with van der Waals surface area (Å²) in [5, 5.41) is 3.05. The van der Waals surface area contributed by atoms with Crippen molar-refractivity contribution in [3.05, 3.63) is 70.1 Å². The van der Waals surface area contributed by atoms with Crippen molar-refractivity contribution in [3.8, 4) is 5.75 Å². The summed E-state index contributed by atoms with van der Waals surface area (Å²) in [5.74, 6) is -0.547. The fourth-order valence-corrected chi connectivity index (χ4v) is 3.93. The van der Waals surface area contributed by atoms with Crippen LogP contribution in [0.1, 0.15) is 92.5 Å². The summed E-state index contributed by atoms with van der Waals surface area (Å²) < 4.78 is 16.8. The van der Waals surface area contributed by atoms with Crippen molar-refractivity contribution < 1.29 is 23.5 Å². The molecule has 0 unspecified atom stereocenters. The second-order valence-electron chi connectivity index (χ2n) is 9.09. The Balaban J connectivity index is 1.65. The van der Waals surface area contributed by atoms with E-state index in [1.165, 1.54) is 19.3 Å². The number of amides is 1. The van der Waals surface area contributed by atoms with Crippen molar-refractivity contribution in [1.82, 2.24) is 0 Å². The molecule has 0 saturated carbocycles. The summed E-state index contributed by atoms with van der Waals surface area (Å²) >= 11 is 0. The third kappa shape index (κ3) is 8.48. The lowest BCUT2D eigenvalue weighted by molar-refractivity contribution is 0.0462. The zero-order valence-electron chi connectivity index (χ0n) is 21.8. The summed E-state index contributed by atoms with van der Waals surface area (Å²) in [7, 11) is 0. The molecule has 198 valence electrons. The van der Waals surface area contributed by atoms with Gasteiger partial charge in [-0.2, -0.15) is 0 Å². The van der Waals surface area contributed by atoms with Crippen molar-refractivity contribution >= 4 is 28.5 Å². The highest BCUT2D eigenvalue weighted by molar-refractivity contribution is 6.08. The van der Waals surface area contributed by atoms with Crippen LogP contribution in [-0.4, -0.2) is 25.1 Å². The van der Waals surface area contributed by atoms with Gasteiger partial charge in [-0.3, -0.25) is 9.59 Å². The first-order valence-electron chi connectivity index (χ1n) is 13.3. The summed E-state index contributed by atoms with van der Waals surface area (Å²) in [4.78, 5) is 38.0. The maximum Gasteiger partial charge on any atom is 0.374 e. The molecule has 1 aromatic heterocycles. The molecule has 0 saturated heterocycles. The van der Waals surface area contributed by atoms with Crippen LogP contribution in [0.5, 0.6) is 5.75 Å². The van der Waals surface area contributed by atoms with E-state index in [1.54, 1.807) is 42.5 Å². The van der Waals surface area contributed by atoms with Crippen LogP contribution in [0.3, 0.4) is 0 Å². The number of carbonyl (C=O) groups is 2. The number of nitrogens with one attached hydrogen (secondary N) is 1. The molecule has 1 N–H and O–H groups in total. The Labute approximate surface area is 218 Å². The maximum atomic E-state index is 12.9. The highest BCUT2D eigenvalue weighted by Gasteiger charge is 2.17. The largest absolute Gasteiger partial charge is 0.494 e. The van der Waals surface area contributed by atoms with Crippen molar-refractivity contribution in [2.45, 2.75) is 71.6 Å². The monoisotopic (exact) mass is 507 g/mol. The van der Waals surface area contributed by atoms with Crippen molar-refractivity contribution in [3.63, 3.8) is 0 Å². The predicted octanol–water partition coefficient (Wildman–Crippen LogP) is 7.13. The number of benzene rings is 2. The SMILES string of the molecule is CCCCCCCOc1ccc(C(=O)Nc2cccc3c(=O)cc(C(=O)OCCCCCC)oc23)cc1. The van der Waals surface area contributed by atoms with Crippen LogP contribution in [0.2, 0.25) is 0 Å². The molecule has 3 rings (SSSR count). The number of rotatable bonds is 15. The van der Waals surface area contributed by atoms with E-state index in [9.17, 15) is 14.4 Å². The zero-order chi connectivity index (χ0) is 26.5. The van der Waals surface area contributed by atoms with Crippen molar-refractivity contribution in [2.24, 2.45) is 0 Å². The standard InChI is InChI=1S/C30H37NO6/c1-3-5-7-9-11-19-35-23-17-15-22(16-18-23)29(33)31-25-14-12-13-24-26(32)21-27(37-28(24)25)30(34)36-20-10-8-6-4-2/h12-18,21H,3-11,19-20H2,1-2H3,(H,31,33). The van der Waals surface area contributed by atoms with E-state index in [0.29, 0.717) is 23.6 Å². The molecule has 2 aromatic carbocycles. The fourth-order valence-electron chi connectivity index (χ4n) is 3.93. The first-order chi connectivity index (χ1) is 18.0. The fraction of sp³-hybridized carbons (Fsp3) is 0.433. The van der Waals surface area contributed by atoms with Crippen LogP contribution in [0.4, 0.5) is 5.69 Å². The lowest BCUT2D eigenvalue weighted by Crippen LogP contribution is -2.14. The maximum absolute atomic E-state index is 12.9. The van der Waals surface area contributed by atoms with Crippen LogP contribution in [0, 0.1) is 0 Å². The van der Waals surface area contributed by atoms with Gasteiger partial charge in [0.15, 0.2) is 11.0 Å². The van der Waals surface area contributed by atoms with Crippen molar-refractivity contribution in [2.75, 3.05) is 18.5 Å². The molecular formula is C30H37NO6. The highest BCUT2D eigenvalue weighted by atomic mass is 16.5. The molecule has 1 amide bonds. The zero-order valence-corrected chi connectivity index (χ0v) is 21.8. The normalized spacial score (nSPS) is 10.9. The number of carbonyl (C=O) groups excluding carboxylic acids is 2. The minimum atomic E-state index is -0.697. The molecule has 3 aromatic rings. The molecule has 0 radical (unpaired) electrons. The van der Waals surface area contributed by atoms with Gasteiger partial charge >= 0.3 is 5.97 Å². The summed E-state index contributed by atoms with van der Waals surface area (Å²) in [6.07, 6.45) is 9.69. The number of ether oxygens (including phenoxy) is 2. The topological polar surface area (TPSA) is 94.8 Å². The quantitative estimate of drug-likeness (QED) is 0.174. The smallest absolute Gasteiger partial charge is 0.374 e.